The Balaban J connectivity index is 1.94. The average Bonchev–Trinajstić information content (AvgIpc) is 2.76. The van der Waals surface area contributed by atoms with E-state index in [0.717, 1.165) is 6.54 Å². The van der Waals surface area contributed by atoms with Gasteiger partial charge < -0.3 is 0 Å². The van der Waals surface area contributed by atoms with Gasteiger partial charge in [0.15, 0.2) is 11.0 Å². The fourth-order valence-corrected chi connectivity index (χ4v) is 2.65. The largest absolute Gasteiger partial charge is 0.252 e. The van der Waals surface area contributed by atoms with E-state index in [9.17, 15) is 0 Å². The van der Waals surface area contributed by atoms with Crippen LogP contribution in [0, 0.1) is 6.92 Å². The topological polar surface area (TPSA) is 19.7 Å². The lowest BCUT2D eigenvalue weighted by atomic mass is 10.0. The molecule has 0 radical (unpaired) electrons. The van der Waals surface area contributed by atoms with Gasteiger partial charge in [-0.05, 0) is 29.2 Å². The number of rotatable bonds is 3. The SMILES string of the molecule is Cc1[nH]c2ccccc2[n+]1Cc1ccc(C(C)C)cc1. The minimum Gasteiger partial charge on any atom is -0.241 e. The molecule has 1 heterocycles. The molecular formula is C18H21N2+. The molecule has 0 fully saturated rings. The molecule has 1 aromatic heterocycles. The molecule has 20 heavy (non-hydrogen) atoms. The molecule has 0 amide bonds. The Morgan fingerprint density at radius 3 is 2.40 bits per heavy atom. The summed E-state index contributed by atoms with van der Waals surface area (Å²) in [4.78, 5) is 3.44. The highest BCUT2D eigenvalue weighted by Crippen LogP contribution is 2.15. The molecule has 3 aromatic rings. The third-order valence-electron chi connectivity index (χ3n) is 3.90. The lowest BCUT2D eigenvalue weighted by Gasteiger charge is -2.06. The van der Waals surface area contributed by atoms with Crippen molar-refractivity contribution in [1.29, 1.82) is 0 Å². The molecule has 0 spiro atoms. The molecule has 0 aliphatic heterocycles. The van der Waals surface area contributed by atoms with Crippen molar-refractivity contribution < 1.29 is 4.57 Å². The van der Waals surface area contributed by atoms with Crippen LogP contribution >= 0.6 is 0 Å². The summed E-state index contributed by atoms with van der Waals surface area (Å²) in [6, 6.07) is 17.4. The van der Waals surface area contributed by atoms with Crippen molar-refractivity contribution in [2.45, 2.75) is 33.2 Å². The lowest BCUT2D eigenvalue weighted by molar-refractivity contribution is -0.668. The summed E-state index contributed by atoms with van der Waals surface area (Å²) in [5.74, 6) is 1.78. The summed E-state index contributed by atoms with van der Waals surface area (Å²) in [7, 11) is 0. The van der Waals surface area contributed by atoms with Crippen molar-refractivity contribution >= 4 is 11.0 Å². The van der Waals surface area contributed by atoms with Gasteiger partial charge in [-0.15, -0.1) is 0 Å². The van der Waals surface area contributed by atoms with E-state index >= 15 is 0 Å². The smallest absolute Gasteiger partial charge is 0.241 e. The number of hydrogen-bond donors (Lipinski definition) is 1. The van der Waals surface area contributed by atoms with Crippen LogP contribution in [0.3, 0.4) is 0 Å². The zero-order valence-corrected chi connectivity index (χ0v) is 12.4. The molecule has 1 N–H and O–H groups in total. The predicted molar refractivity (Wildman–Crippen MR) is 82.9 cm³/mol. The summed E-state index contributed by atoms with van der Waals surface area (Å²) in [6.07, 6.45) is 0. The first-order chi connectivity index (χ1) is 9.65. The molecule has 102 valence electrons. The van der Waals surface area contributed by atoms with Gasteiger partial charge in [-0.2, -0.15) is 0 Å². The summed E-state index contributed by atoms with van der Waals surface area (Å²) in [5.41, 5.74) is 5.20. The van der Waals surface area contributed by atoms with Gasteiger partial charge in [0.2, 0.25) is 0 Å². The van der Waals surface area contributed by atoms with E-state index in [1.807, 2.05) is 0 Å². The lowest BCUT2D eigenvalue weighted by Crippen LogP contribution is -2.36. The van der Waals surface area contributed by atoms with Crippen LogP contribution in [0.5, 0.6) is 0 Å². The van der Waals surface area contributed by atoms with E-state index in [-0.39, 0.29) is 0 Å². The van der Waals surface area contributed by atoms with Crippen molar-refractivity contribution in [1.82, 2.24) is 4.98 Å². The Hall–Kier alpha value is -2.09. The normalized spacial score (nSPS) is 11.4. The van der Waals surface area contributed by atoms with Gasteiger partial charge in [0.25, 0.3) is 5.82 Å². The maximum Gasteiger partial charge on any atom is 0.252 e. The number of para-hydroxylation sites is 2. The first-order valence-electron chi connectivity index (χ1n) is 7.21. The molecule has 0 atom stereocenters. The van der Waals surface area contributed by atoms with Crippen molar-refractivity contribution in [3.05, 3.63) is 65.5 Å². The van der Waals surface area contributed by atoms with Crippen LogP contribution in [0.1, 0.15) is 36.7 Å². The van der Waals surface area contributed by atoms with Crippen LogP contribution in [0.15, 0.2) is 48.5 Å². The molecule has 0 bridgehead atoms. The van der Waals surface area contributed by atoms with E-state index in [2.05, 4.69) is 78.9 Å². The van der Waals surface area contributed by atoms with Crippen LogP contribution in [0.25, 0.3) is 11.0 Å². The number of aryl methyl sites for hydroxylation is 1. The van der Waals surface area contributed by atoms with Gasteiger partial charge in [0.1, 0.15) is 6.54 Å². The monoisotopic (exact) mass is 265 g/mol. The number of hydrogen-bond acceptors (Lipinski definition) is 0. The first kappa shape index (κ1) is 12.9. The molecule has 2 nitrogen and oxygen atoms in total. The Morgan fingerprint density at radius 2 is 1.70 bits per heavy atom. The molecule has 0 unspecified atom stereocenters. The van der Waals surface area contributed by atoms with Crippen molar-refractivity contribution in [2.24, 2.45) is 0 Å². The first-order valence-corrected chi connectivity index (χ1v) is 7.21. The number of nitrogens with one attached hydrogen (secondary N) is 1. The Kier molecular flexibility index (Phi) is 3.31. The molecular weight excluding hydrogens is 244 g/mol. The van der Waals surface area contributed by atoms with Crippen LogP contribution in [0.2, 0.25) is 0 Å². The maximum absolute atomic E-state index is 3.44. The highest BCUT2D eigenvalue weighted by Gasteiger charge is 2.14. The number of imidazole rings is 1. The molecule has 0 aliphatic rings. The van der Waals surface area contributed by atoms with Gasteiger partial charge in [-0.1, -0.05) is 50.2 Å². The second-order valence-electron chi connectivity index (χ2n) is 5.71. The van der Waals surface area contributed by atoms with E-state index in [1.54, 1.807) is 0 Å². The van der Waals surface area contributed by atoms with Gasteiger partial charge in [0.05, 0.1) is 0 Å². The van der Waals surface area contributed by atoms with Crippen LogP contribution in [-0.4, -0.2) is 4.98 Å². The average molecular weight is 265 g/mol. The molecule has 3 rings (SSSR count). The second kappa shape index (κ2) is 5.12. The fourth-order valence-electron chi connectivity index (χ4n) is 2.65. The van der Waals surface area contributed by atoms with E-state index in [1.165, 1.54) is 28.0 Å². The highest BCUT2D eigenvalue weighted by atomic mass is 15.1. The zero-order valence-electron chi connectivity index (χ0n) is 12.4. The molecule has 0 saturated carbocycles. The van der Waals surface area contributed by atoms with E-state index < -0.39 is 0 Å². The predicted octanol–water partition coefficient (Wildman–Crippen LogP) is 3.94. The third kappa shape index (κ3) is 2.34. The summed E-state index contributed by atoms with van der Waals surface area (Å²) >= 11 is 0. The van der Waals surface area contributed by atoms with Crippen LogP contribution < -0.4 is 4.57 Å². The van der Waals surface area contributed by atoms with Gasteiger partial charge >= 0.3 is 0 Å². The molecule has 2 heteroatoms. The summed E-state index contributed by atoms with van der Waals surface area (Å²) in [6.45, 7) is 7.50. The zero-order chi connectivity index (χ0) is 14.1. The van der Waals surface area contributed by atoms with Crippen LogP contribution in [0.4, 0.5) is 0 Å². The molecule has 2 aromatic carbocycles. The minimum absolute atomic E-state index is 0.589. The fraction of sp³-hybridized carbons (Fsp3) is 0.278. The van der Waals surface area contributed by atoms with Crippen LogP contribution in [-0.2, 0) is 6.54 Å². The number of fused-ring (bicyclic) bond motifs is 1. The molecule has 0 aliphatic carbocycles. The minimum atomic E-state index is 0.589. The Morgan fingerprint density at radius 1 is 1.00 bits per heavy atom. The highest BCUT2D eigenvalue weighted by molar-refractivity contribution is 5.71. The van der Waals surface area contributed by atoms with Crippen molar-refractivity contribution in [3.8, 4) is 0 Å². The number of nitrogens with zero attached hydrogens (tertiary/aromatic N) is 1. The third-order valence-corrected chi connectivity index (χ3v) is 3.90. The number of aromatic amines is 1. The van der Waals surface area contributed by atoms with Gasteiger partial charge in [-0.3, -0.25) is 0 Å². The van der Waals surface area contributed by atoms with E-state index in [4.69, 9.17) is 0 Å². The van der Waals surface area contributed by atoms with Gasteiger partial charge in [-0.25, -0.2) is 9.55 Å². The number of H-pyrrole nitrogens is 1. The van der Waals surface area contributed by atoms with Crippen molar-refractivity contribution in [3.63, 3.8) is 0 Å². The standard InChI is InChI=1S/C18H20N2/c1-13(2)16-10-8-15(9-11-16)12-20-14(3)19-17-6-4-5-7-18(17)20/h4-11,13H,12H2,1-3H3/p+1. The Bertz CT molecular complexity index is 721. The summed E-state index contributed by atoms with van der Waals surface area (Å²) in [5, 5.41) is 0. The van der Waals surface area contributed by atoms with E-state index in [0.29, 0.717) is 5.92 Å². The summed E-state index contributed by atoms with van der Waals surface area (Å²) < 4.78 is 2.33. The number of aromatic nitrogens is 2. The van der Waals surface area contributed by atoms with Crippen molar-refractivity contribution in [2.75, 3.05) is 0 Å². The quantitative estimate of drug-likeness (QED) is 0.692. The van der Waals surface area contributed by atoms with Gasteiger partial charge in [0, 0.05) is 6.92 Å². The maximum atomic E-state index is 3.44. The Labute approximate surface area is 120 Å². The molecule has 0 saturated heterocycles. The second-order valence-corrected chi connectivity index (χ2v) is 5.71. The number of benzene rings is 2.